The predicted octanol–water partition coefficient (Wildman–Crippen LogP) is 3.94. The number of fused-ring (bicyclic) bond motifs is 1. The molecule has 1 aliphatic carbocycles. The van der Waals surface area contributed by atoms with Gasteiger partial charge in [0.25, 0.3) is 10.0 Å². The van der Waals surface area contributed by atoms with E-state index in [1.807, 2.05) is 6.07 Å². The van der Waals surface area contributed by atoms with Crippen molar-refractivity contribution >= 4 is 43.9 Å². The highest BCUT2D eigenvalue weighted by molar-refractivity contribution is 7.92. The Morgan fingerprint density at radius 2 is 1.70 bits per heavy atom. The minimum absolute atomic E-state index is 0.00659. The van der Waals surface area contributed by atoms with E-state index in [1.54, 1.807) is 19.1 Å². The van der Waals surface area contributed by atoms with Crippen LogP contribution >= 0.6 is 11.6 Å². The van der Waals surface area contributed by atoms with E-state index in [0.29, 0.717) is 21.8 Å². The van der Waals surface area contributed by atoms with Gasteiger partial charge in [0.1, 0.15) is 0 Å². The molecule has 0 aliphatic heterocycles. The first-order valence-electron chi connectivity index (χ1n) is 9.53. The monoisotopic (exact) mass is 445 g/mol. The molecule has 0 radical (unpaired) electrons. The zero-order valence-electron chi connectivity index (χ0n) is 16.2. The summed E-state index contributed by atoms with van der Waals surface area (Å²) in [7, 11) is -3.95. The Balaban J connectivity index is 1.69. The average Bonchev–Trinajstić information content (AvgIpc) is 2.69. The molecule has 0 unspecified atom stereocenters. The van der Waals surface area contributed by atoms with Crippen LogP contribution in [0.3, 0.4) is 0 Å². The molecule has 2 aromatic carbocycles. The smallest absolute Gasteiger partial charge is 0.314 e. The number of hydrogen-bond acceptors (Lipinski definition) is 4. The first-order valence-corrected chi connectivity index (χ1v) is 11.4. The molecule has 4 rings (SSSR count). The molecule has 0 amide bonds. The number of allylic oxidation sites excluding steroid dienone is 2. The Morgan fingerprint density at radius 1 is 1.00 bits per heavy atom. The van der Waals surface area contributed by atoms with Crippen LogP contribution in [-0.4, -0.2) is 18.4 Å². The quantitative estimate of drug-likeness (QED) is 0.528. The van der Waals surface area contributed by atoms with Crippen molar-refractivity contribution in [2.24, 2.45) is 0 Å². The first kappa shape index (κ1) is 20.4. The topological polar surface area (TPSA) is 112 Å². The normalized spacial score (nSPS) is 14.5. The molecule has 0 spiro atoms. The van der Waals surface area contributed by atoms with Gasteiger partial charge in [-0.1, -0.05) is 23.7 Å². The highest BCUT2D eigenvalue weighted by Gasteiger charge is 2.20. The number of halogens is 1. The highest BCUT2D eigenvalue weighted by atomic mass is 35.5. The summed E-state index contributed by atoms with van der Waals surface area (Å²) in [5.74, 6) is 0. The maximum atomic E-state index is 13.0. The summed E-state index contributed by atoms with van der Waals surface area (Å²) in [6.07, 6.45) is 6.45. The van der Waals surface area contributed by atoms with E-state index in [1.165, 1.54) is 24.1 Å². The molecule has 3 N–H and O–H groups in total. The summed E-state index contributed by atoms with van der Waals surface area (Å²) in [5, 5.41) is 0.487. The van der Waals surface area contributed by atoms with Crippen molar-refractivity contribution in [3.8, 4) is 0 Å². The Hall–Kier alpha value is -2.84. The van der Waals surface area contributed by atoms with Crippen molar-refractivity contribution < 1.29 is 8.42 Å². The van der Waals surface area contributed by atoms with Crippen LogP contribution in [0.5, 0.6) is 0 Å². The largest absolute Gasteiger partial charge is 0.316 e. The van der Waals surface area contributed by atoms with Crippen molar-refractivity contribution in [3.63, 3.8) is 0 Å². The van der Waals surface area contributed by atoms with Crippen molar-refractivity contribution in [1.29, 1.82) is 0 Å². The minimum atomic E-state index is -3.95. The molecule has 0 bridgehead atoms. The van der Waals surface area contributed by atoms with E-state index >= 15 is 0 Å². The van der Waals surface area contributed by atoms with Gasteiger partial charge in [0.05, 0.1) is 26.6 Å². The molecular formula is C21H20ClN3O4S. The molecule has 0 atom stereocenters. The van der Waals surface area contributed by atoms with Gasteiger partial charge in [-0.25, -0.2) is 8.42 Å². The number of aromatic amines is 2. The average molecular weight is 446 g/mol. The summed E-state index contributed by atoms with van der Waals surface area (Å²) in [6.45, 7) is 1.61. The van der Waals surface area contributed by atoms with Crippen molar-refractivity contribution in [3.05, 3.63) is 73.3 Å². The van der Waals surface area contributed by atoms with Gasteiger partial charge in [-0.2, -0.15) is 0 Å². The highest BCUT2D eigenvalue weighted by Crippen LogP contribution is 2.33. The zero-order chi connectivity index (χ0) is 21.5. The molecule has 156 valence electrons. The summed E-state index contributed by atoms with van der Waals surface area (Å²) >= 11 is 6.43. The van der Waals surface area contributed by atoms with Crippen LogP contribution in [0.1, 0.15) is 36.8 Å². The Kier molecular flexibility index (Phi) is 5.29. The van der Waals surface area contributed by atoms with Gasteiger partial charge < -0.3 is 9.97 Å². The third-order valence-electron chi connectivity index (χ3n) is 5.17. The molecule has 1 aliphatic rings. The van der Waals surface area contributed by atoms with Gasteiger partial charge >= 0.3 is 11.1 Å². The molecule has 1 aromatic heterocycles. The molecular weight excluding hydrogens is 426 g/mol. The minimum Gasteiger partial charge on any atom is -0.316 e. The molecule has 3 aromatic rings. The van der Waals surface area contributed by atoms with Crippen LogP contribution in [0.2, 0.25) is 5.02 Å². The standard InChI is InChI=1S/C21H20ClN3O4S/c1-12-9-17-18(24-21(27)20(26)23-17)11-19(12)30(28,29)25-14-7-8-15(16(22)10-14)13-5-3-2-4-6-13/h5,7-11,25H,2-4,6H2,1H3,(H,23,26)(H,24,27). The molecule has 0 saturated carbocycles. The van der Waals surface area contributed by atoms with E-state index in [2.05, 4.69) is 20.8 Å². The number of aromatic nitrogens is 2. The zero-order valence-corrected chi connectivity index (χ0v) is 17.8. The van der Waals surface area contributed by atoms with E-state index < -0.39 is 21.1 Å². The van der Waals surface area contributed by atoms with Crippen molar-refractivity contribution in [2.75, 3.05) is 4.72 Å². The Labute approximate surface area is 177 Å². The fourth-order valence-corrected chi connectivity index (χ4v) is 5.28. The number of benzene rings is 2. The number of aryl methyl sites for hydroxylation is 1. The van der Waals surface area contributed by atoms with E-state index in [9.17, 15) is 18.0 Å². The molecule has 9 heteroatoms. The number of hydrogen-bond donors (Lipinski definition) is 3. The second-order valence-corrected chi connectivity index (χ2v) is 9.40. The van der Waals surface area contributed by atoms with Gasteiger partial charge in [-0.05, 0) is 73.6 Å². The second kappa shape index (κ2) is 7.77. The van der Waals surface area contributed by atoms with Crippen LogP contribution in [0.4, 0.5) is 5.69 Å². The van der Waals surface area contributed by atoms with Crippen LogP contribution in [-0.2, 0) is 10.0 Å². The lowest BCUT2D eigenvalue weighted by atomic mass is 9.93. The van der Waals surface area contributed by atoms with Crippen molar-refractivity contribution in [1.82, 2.24) is 9.97 Å². The summed E-state index contributed by atoms with van der Waals surface area (Å²) < 4.78 is 28.5. The molecule has 30 heavy (non-hydrogen) atoms. The lowest BCUT2D eigenvalue weighted by Crippen LogP contribution is -2.29. The van der Waals surface area contributed by atoms with E-state index in [0.717, 1.165) is 24.8 Å². The first-order chi connectivity index (χ1) is 14.2. The van der Waals surface area contributed by atoms with Gasteiger partial charge in [0.15, 0.2) is 0 Å². The summed E-state index contributed by atoms with van der Waals surface area (Å²) in [6, 6.07) is 7.94. The maximum Gasteiger partial charge on any atom is 0.314 e. The number of anilines is 1. The maximum absolute atomic E-state index is 13.0. The summed E-state index contributed by atoms with van der Waals surface area (Å²) in [5.41, 5.74) is 1.81. The predicted molar refractivity (Wildman–Crippen MR) is 119 cm³/mol. The molecule has 0 fully saturated rings. The Morgan fingerprint density at radius 3 is 2.33 bits per heavy atom. The number of sulfonamides is 1. The summed E-state index contributed by atoms with van der Waals surface area (Å²) in [4.78, 5) is 27.9. The van der Waals surface area contributed by atoms with Gasteiger partial charge in [0, 0.05) is 0 Å². The number of rotatable bonds is 4. The third kappa shape index (κ3) is 3.93. The van der Waals surface area contributed by atoms with Gasteiger partial charge in [-0.15, -0.1) is 0 Å². The van der Waals surface area contributed by atoms with Crippen LogP contribution in [0, 0.1) is 6.92 Å². The SMILES string of the molecule is Cc1cc2[nH]c(=O)c(=O)[nH]c2cc1S(=O)(=O)Nc1ccc(C2=CCCCC2)c(Cl)c1. The lowest BCUT2D eigenvalue weighted by molar-refractivity contribution is 0.600. The van der Waals surface area contributed by atoms with E-state index in [-0.39, 0.29) is 10.4 Å². The van der Waals surface area contributed by atoms with Gasteiger partial charge in [-0.3, -0.25) is 14.3 Å². The molecule has 7 nitrogen and oxygen atoms in total. The Bertz CT molecular complexity index is 1400. The molecule has 1 heterocycles. The molecule has 0 saturated heterocycles. The third-order valence-corrected chi connectivity index (χ3v) is 7.00. The fourth-order valence-electron chi connectivity index (χ4n) is 3.67. The second-order valence-electron chi connectivity index (χ2n) is 7.35. The number of nitrogens with one attached hydrogen (secondary N) is 3. The van der Waals surface area contributed by atoms with Crippen LogP contribution in [0.15, 0.2) is 50.9 Å². The number of H-pyrrole nitrogens is 2. The van der Waals surface area contributed by atoms with E-state index in [4.69, 9.17) is 11.6 Å². The fraction of sp³-hybridized carbons (Fsp3) is 0.238. The van der Waals surface area contributed by atoms with Crippen LogP contribution < -0.4 is 15.8 Å². The lowest BCUT2D eigenvalue weighted by Gasteiger charge is -2.16. The van der Waals surface area contributed by atoms with Gasteiger partial charge in [0.2, 0.25) is 0 Å². The van der Waals surface area contributed by atoms with Crippen molar-refractivity contribution in [2.45, 2.75) is 37.5 Å². The van der Waals surface area contributed by atoms with Crippen LogP contribution in [0.25, 0.3) is 16.6 Å².